The number of nitrogens with zero attached hydrogens (tertiary/aromatic N) is 1. The summed E-state index contributed by atoms with van der Waals surface area (Å²) in [5.41, 5.74) is 3.21. The van der Waals surface area contributed by atoms with E-state index in [1.54, 1.807) is 0 Å². The van der Waals surface area contributed by atoms with Crippen LogP contribution in [0.1, 0.15) is 18.1 Å². The normalized spacial score (nSPS) is 14.7. The van der Waals surface area contributed by atoms with Gasteiger partial charge in [0.15, 0.2) is 0 Å². The first-order valence-corrected chi connectivity index (χ1v) is 4.75. The van der Waals surface area contributed by atoms with E-state index in [-0.39, 0.29) is 5.91 Å². The molecule has 0 bridgehead atoms. The Morgan fingerprint density at radius 1 is 1.50 bits per heavy atom. The molecule has 0 saturated carbocycles. The number of carbonyl (C=O) groups excluding carboxylic acids is 1. The Balaban J connectivity index is 2.42. The molecule has 74 valence electrons. The molecule has 1 aliphatic heterocycles. The SMILES string of the molecule is CCc1ccc2c(c1)CC(=O)N2OC. The number of hydrogen-bond donors (Lipinski definition) is 0. The Morgan fingerprint density at radius 2 is 2.29 bits per heavy atom. The molecule has 3 nitrogen and oxygen atoms in total. The molecule has 3 heteroatoms. The number of aryl methyl sites for hydroxylation is 1. The Labute approximate surface area is 83.2 Å². The average molecular weight is 191 g/mol. The molecule has 1 aromatic carbocycles. The van der Waals surface area contributed by atoms with Crippen LogP contribution in [0.15, 0.2) is 18.2 Å². The van der Waals surface area contributed by atoms with E-state index in [0.717, 1.165) is 17.7 Å². The molecule has 0 aliphatic carbocycles. The highest BCUT2D eigenvalue weighted by molar-refractivity contribution is 5.99. The summed E-state index contributed by atoms with van der Waals surface area (Å²) in [6.07, 6.45) is 1.45. The highest BCUT2D eigenvalue weighted by atomic mass is 16.7. The van der Waals surface area contributed by atoms with Crippen molar-refractivity contribution in [3.63, 3.8) is 0 Å². The largest absolute Gasteiger partial charge is 0.272 e. The van der Waals surface area contributed by atoms with Gasteiger partial charge in [0.2, 0.25) is 0 Å². The summed E-state index contributed by atoms with van der Waals surface area (Å²) < 4.78 is 0. The zero-order valence-corrected chi connectivity index (χ0v) is 8.41. The molecule has 0 spiro atoms. The van der Waals surface area contributed by atoms with Crippen LogP contribution in [0.25, 0.3) is 0 Å². The average Bonchev–Trinajstić information content (AvgIpc) is 2.51. The molecule has 0 N–H and O–H groups in total. The molecule has 0 saturated heterocycles. The van der Waals surface area contributed by atoms with Crippen LogP contribution in [0.3, 0.4) is 0 Å². The van der Waals surface area contributed by atoms with Gasteiger partial charge in [0.25, 0.3) is 5.91 Å². The summed E-state index contributed by atoms with van der Waals surface area (Å²) in [4.78, 5) is 16.5. The molecule has 0 aromatic heterocycles. The van der Waals surface area contributed by atoms with Crippen molar-refractivity contribution >= 4 is 11.6 Å². The van der Waals surface area contributed by atoms with E-state index in [0.29, 0.717) is 6.42 Å². The van der Waals surface area contributed by atoms with Crippen molar-refractivity contribution in [2.24, 2.45) is 0 Å². The van der Waals surface area contributed by atoms with Gasteiger partial charge in [-0.25, -0.2) is 0 Å². The Kier molecular flexibility index (Phi) is 2.25. The smallest absolute Gasteiger partial charge is 0.255 e. The number of carbonyl (C=O) groups is 1. The van der Waals surface area contributed by atoms with E-state index in [9.17, 15) is 4.79 Å². The Morgan fingerprint density at radius 3 is 2.93 bits per heavy atom. The maximum atomic E-state index is 11.5. The molecule has 14 heavy (non-hydrogen) atoms. The fourth-order valence-corrected chi connectivity index (χ4v) is 1.77. The standard InChI is InChI=1S/C11H13NO2/c1-3-8-4-5-10-9(6-8)7-11(13)12(10)14-2/h4-6H,3,7H2,1-2H3. The molecular formula is C11H13NO2. The summed E-state index contributed by atoms with van der Waals surface area (Å²) in [7, 11) is 1.51. The van der Waals surface area contributed by atoms with Crippen molar-refractivity contribution in [2.75, 3.05) is 12.2 Å². The molecule has 1 amide bonds. The van der Waals surface area contributed by atoms with Crippen molar-refractivity contribution in [1.29, 1.82) is 0 Å². The van der Waals surface area contributed by atoms with Gasteiger partial charge in [0, 0.05) is 0 Å². The van der Waals surface area contributed by atoms with Crippen LogP contribution < -0.4 is 5.06 Å². The highest BCUT2D eigenvalue weighted by Gasteiger charge is 2.27. The van der Waals surface area contributed by atoms with Crippen LogP contribution in [-0.2, 0) is 22.5 Å². The third-order valence-corrected chi connectivity index (χ3v) is 2.52. The molecule has 1 aliphatic rings. The van der Waals surface area contributed by atoms with Crippen LogP contribution in [0.2, 0.25) is 0 Å². The number of amides is 1. The van der Waals surface area contributed by atoms with Crippen LogP contribution >= 0.6 is 0 Å². The fourth-order valence-electron chi connectivity index (χ4n) is 1.77. The van der Waals surface area contributed by atoms with Gasteiger partial charge >= 0.3 is 0 Å². The van der Waals surface area contributed by atoms with Crippen LogP contribution in [0.4, 0.5) is 5.69 Å². The third kappa shape index (κ3) is 1.30. The first-order chi connectivity index (χ1) is 6.76. The lowest BCUT2D eigenvalue weighted by Gasteiger charge is -2.13. The van der Waals surface area contributed by atoms with Gasteiger partial charge in [-0.3, -0.25) is 9.63 Å². The van der Waals surface area contributed by atoms with E-state index in [4.69, 9.17) is 4.84 Å². The maximum Gasteiger partial charge on any atom is 0.255 e. The van der Waals surface area contributed by atoms with Crippen molar-refractivity contribution in [3.8, 4) is 0 Å². The summed E-state index contributed by atoms with van der Waals surface area (Å²) in [5.74, 6) is 0.00996. The molecule has 1 aromatic rings. The van der Waals surface area contributed by atoms with E-state index in [1.807, 2.05) is 12.1 Å². The fraction of sp³-hybridized carbons (Fsp3) is 0.364. The quantitative estimate of drug-likeness (QED) is 0.712. The predicted molar refractivity (Wildman–Crippen MR) is 54.0 cm³/mol. The van der Waals surface area contributed by atoms with Crippen LogP contribution in [0, 0.1) is 0 Å². The zero-order valence-electron chi connectivity index (χ0n) is 8.41. The minimum absolute atomic E-state index is 0.00996. The molecule has 1 heterocycles. The molecule has 0 fully saturated rings. The first-order valence-electron chi connectivity index (χ1n) is 4.75. The molecule has 0 radical (unpaired) electrons. The second-order valence-electron chi connectivity index (χ2n) is 3.36. The predicted octanol–water partition coefficient (Wildman–Crippen LogP) is 1.70. The summed E-state index contributed by atoms with van der Waals surface area (Å²) >= 11 is 0. The van der Waals surface area contributed by atoms with Gasteiger partial charge in [0.05, 0.1) is 19.2 Å². The lowest BCUT2D eigenvalue weighted by molar-refractivity contribution is -0.123. The Hall–Kier alpha value is -1.35. The third-order valence-electron chi connectivity index (χ3n) is 2.52. The van der Waals surface area contributed by atoms with E-state index in [2.05, 4.69) is 13.0 Å². The summed E-state index contributed by atoms with van der Waals surface area (Å²) in [5, 5.41) is 1.36. The molecule has 0 atom stereocenters. The maximum absolute atomic E-state index is 11.5. The molecule has 0 unspecified atom stereocenters. The van der Waals surface area contributed by atoms with Crippen molar-refractivity contribution < 1.29 is 9.63 Å². The van der Waals surface area contributed by atoms with Crippen LogP contribution in [0.5, 0.6) is 0 Å². The van der Waals surface area contributed by atoms with Gasteiger partial charge in [-0.05, 0) is 23.6 Å². The second kappa shape index (κ2) is 3.42. The monoisotopic (exact) mass is 191 g/mol. The number of rotatable bonds is 2. The van der Waals surface area contributed by atoms with E-state index < -0.39 is 0 Å². The number of fused-ring (bicyclic) bond motifs is 1. The van der Waals surface area contributed by atoms with Gasteiger partial charge in [-0.2, -0.15) is 5.06 Å². The van der Waals surface area contributed by atoms with Gasteiger partial charge in [-0.15, -0.1) is 0 Å². The number of hydroxylamine groups is 1. The summed E-state index contributed by atoms with van der Waals surface area (Å²) in [6, 6.07) is 6.05. The van der Waals surface area contributed by atoms with Gasteiger partial charge < -0.3 is 0 Å². The van der Waals surface area contributed by atoms with E-state index in [1.165, 1.54) is 17.7 Å². The number of anilines is 1. The second-order valence-corrected chi connectivity index (χ2v) is 3.36. The first kappa shape index (κ1) is 9.21. The van der Waals surface area contributed by atoms with Gasteiger partial charge in [0.1, 0.15) is 0 Å². The van der Waals surface area contributed by atoms with E-state index >= 15 is 0 Å². The Bertz CT molecular complexity index is 374. The topological polar surface area (TPSA) is 29.5 Å². The van der Waals surface area contributed by atoms with Crippen molar-refractivity contribution in [3.05, 3.63) is 29.3 Å². The van der Waals surface area contributed by atoms with Crippen molar-refractivity contribution in [2.45, 2.75) is 19.8 Å². The highest BCUT2D eigenvalue weighted by Crippen LogP contribution is 2.29. The molecular weight excluding hydrogens is 178 g/mol. The number of benzene rings is 1. The minimum atomic E-state index is 0.00996. The van der Waals surface area contributed by atoms with Crippen LogP contribution in [-0.4, -0.2) is 13.0 Å². The zero-order chi connectivity index (χ0) is 10.1. The lowest BCUT2D eigenvalue weighted by atomic mass is 10.1. The lowest BCUT2D eigenvalue weighted by Crippen LogP contribution is -2.24. The number of hydrogen-bond acceptors (Lipinski definition) is 2. The molecule has 2 rings (SSSR count). The summed E-state index contributed by atoms with van der Waals surface area (Å²) in [6.45, 7) is 2.10. The van der Waals surface area contributed by atoms with Gasteiger partial charge in [-0.1, -0.05) is 19.1 Å². The minimum Gasteiger partial charge on any atom is -0.272 e. The van der Waals surface area contributed by atoms with Crippen molar-refractivity contribution in [1.82, 2.24) is 0 Å².